The molecule has 2 rings (SSSR count). The average molecular weight is 359 g/mol. The van der Waals surface area contributed by atoms with Gasteiger partial charge in [-0.1, -0.05) is 36.4 Å². The average Bonchev–Trinajstić information content (AvgIpc) is 2.67. The molecule has 1 N–H and O–H groups in total. The van der Waals surface area contributed by atoms with Crippen LogP contribution in [0.15, 0.2) is 48.5 Å². The second-order valence-corrected chi connectivity index (χ2v) is 5.73. The van der Waals surface area contributed by atoms with Gasteiger partial charge in [-0.2, -0.15) is 0 Å². The monoisotopic (exact) mass is 359 g/mol. The summed E-state index contributed by atoms with van der Waals surface area (Å²) in [4.78, 5) is 0. The zero-order chi connectivity index (χ0) is 18.6. The molecule has 0 saturated heterocycles. The predicted octanol–water partition coefficient (Wildman–Crippen LogP) is 3.76. The molecule has 2 aromatic carbocycles. The van der Waals surface area contributed by atoms with Crippen molar-refractivity contribution in [2.45, 2.75) is 33.3 Å². The van der Waals surface area contributed by atoms with E-state index in [1.165, 1.54) is 0 Å². The van der Waals surface area contributed by atoms with Gasteiger partial charge in [-0.3, -0.25) is 0 Å². The van der Waals surface area contributed by atoms with Gasteiger partial charge in [0.1, 0.15) is 6.61 Å². The quantitative estimate of drug-likeness (QED) is 0.585. The van der Waals surface area contributed by atoms with E-state index < -0.39 is 0 Å². The van der Waals surface area contributed by atoms with Crippen LogP contribution in [0, 0.1) is 0 Å². The molecule has 0 heterocycles. The van der Waals surface area contributed by atoms with Crippen LogP contribution in [0.1, 0.15) is 25.0 Å². The van der Waals surface area contributed by atoms with Crippen LogP contribution in [0.3, 0.4) is 0 Å². The highest BCUT2D eigenvalue weighted by Gasteiger charge is 2.09. The van der Waals surface area contributed by atoms with Gasteiger partial charge in [0.05, 0.1) is 7.11 Å². The summed E-state index contributed by atoms with van der Waals surface area (Å²) in [5.41, 5.74) is 2.23. The van der Waals surface area contributed by atoms with Crippen LogP contribution >= 0.6 is 0 Å². The molecule has 142 valence electrons. The van der Waals surface area contributed by atoms with Crippen LogP contribution in [0.25, 0.3) is 0 Å². The lowest BCUT2D eigenvalue weighted by Crippen LogP contribution is -2.31. The number of methoxy groups -OCH3 is 1. The van der Waals surface area contributed by atoms with E-state index in [1.807, 2.05) is 62.4 Å². The third-order valence-electron chi connectivity index (χ3n) is 3.81. The van der Waals surface area contributed by atoms with Gasteiger partial charge in [0.25, 0.3) is 0 Å². The maximum absolute atomic E-state index is 5.96. The molecule has 0 aliphatic rings. The smallest absolute Gasteiger partial charge is 0.169 e. The molecular weight excluding hydrogens is 330 g/mol. The van der Waals surface area contributed by atoms with Crippen LogP contribution in [0.4, 0.5) is 0 Å². The third-order valence-corrected chi connectivity index (χ3v) is 3.81. The first-order valence-corrected chi connectivity index (χ1v) is 9.04. The lowest BCUT2D eigenvalue weighted by Gasteiger charge is -2.18. The molecule has 0 spiro atoms. The Kier molecular flexibility index (Phi) is 8.96. The molecule has 0 saturated carbocycles. The molecule has 2 aromatic rings. The van der Waals surface area contributed by atoms with Crippen molar-refractivity contribution in [2.24, 2.45) is 0 Å². The second kappa shape index (κ2) is 11.5. The largest absolute Gasteiger partial charge is 0.493 e. The molecule has 5 heteroatoms. The molecule has 0 radical (unpaired) electrons. The van der Waals surface area contributed by atoms with Crippen molar-refractivity contribution in [1.29, 1.82) is 0 Å². The lowest BCUT2D eigenvalue weighted by atomic mass is 10.2. The van der Waals surface area contributed by atoms with Crippen molar-refractivity contribution in [3.8, 4) is 11.5 Å². The molecule has 5 nitrogen and oxygen atoms in total. The summed E-state index contributed by atoms with van der Waals surface area (Å²) in [6, 6.07) is 16.0. The van der Waals surface area contributed by atoms with Crippen LogP contribution in [-0.4, -0.2) is 33.2 Å². The summed E-state index contributed by atoms with van der Waals surface area (Å²) in [6.45, 7) is 7.03. The number of benzene rings is 2. The van der Waals surface area contributed by atoms with E-state index >= 15 is 0 Å². The Balaban J connectivity index is 1.92. The standard InChI is InChI=1S/C21H29NO4/c1-4-24-21(25-5-2)15-22-14-18-11-12-19(23-3)20(13-18)26-16-17-9-7-6-8-10-17/h6-13,21-22H,4-5,14-16H2,1-3H3. The fourth-order valence-electron chi connectivity index (χ4n) is 2.55. The summed E-state index contributed by atoms with van der Waals surface area (Å²) in [5.74, 6) is 1.47. The zero-order valence-corrected chi connectivity index (χ0v) is 15.9. The Morgan fingerprint density at radius 1 is 0.885 bits per heavy atom. The van der Waals surface area contributed by atoms with Gasteiger partial charge in [-0.05, 0) is 37.1 Å². The number of hydrogen-bond donors (Lipinski definition) is 1. The summed E-state index contributed by atoms with van der Waals surface area (Å²) in [7, 11) is 1.65. The first kappa shape index (κ1) is 20.2. The second-order valence-electron chi connectivity index (χ2n) is 5.73. The Hall–Kier alpha value is -2.08. The summed E-state index contributed by atoms with van der Waals surface area (Å²) >= 11 is 0. The van der Waals surface area contributed by atoms with Crippen LogP contribution in [-0.2, 0) is 22.6 Å². The van der Waals surface area contributed by atoms with E-state index in [1.54, 1.807) is 7.11 Å². The van der Waals surface area contributed by atoms with E-state index in [0.29, 0.717) is 32.9 Å². The van der Waals surface area contributed by atoms with Crippen molar-refractivity contribution in [3.05, 3.63) is 59.7 Å². The minimum atomic E-state index is -0.225. The molecule has 0 fully saturated rings. The van der Waals surface area contributed by atoms with Crippen LogP contribution < -0.4 is 14.8 Å². The molecule has 0 aromatic heterocycles. The summed E-state index contributed by atoms with van der Waals surface area (Å²) < 4.78 is 22.4. The Morgan fingerprint density at radius 3 is 2.27 bits per heavy atom. The van der Waals surface area contributed by atoms with Crippen molar-refractivity contribution >= 4 is 0 Å². The maximum atomic E-state index is 5.96. The van der Waals surface area contributed by atoms with Crippen LogP contribution in [0.5, 0.6) is 11.5 Å². The van der Waals surface area contributed by atoms with Crippen molar-refractivity contribution in [1.82, 2.24) is 5.32 Å². The van der Waals surface area contributed by atoms with Gasteiger partial charge in [0.15, 0.2) is 17.8 Å². The maximum Gasteiger partial charge on any atom is 0.169 e. The van der Waals surface area contributed by atoms with E-state index in [2.05, 4.69) is 5.32 Å². The topological polar surface area (TPSA) is 49.0 Å². The highest BCUT2D eigenvalue weighted by molar-refractivity contribution is 5.43. The van der Waals surface area contributed by atoms with E-state index in [4.69, 9.17) is 18.9 Å². The number of nitrogens with one attached hydrogen (secondary N) is 1. The number of rotatable bonds is 12. The van der Waals surface area contributed by atoms with E-state index in [-0.39, 0.29) is 6.29 Å². The fourth-order valence-corrected chi connectivity index (χ4v) is 2.55. The van der Waals surface area contributed by atoms with Gasteiger partial charge in [0, 0.05) is 26.3 Å². The molecule has 0 unspecified atom stereocenters. The molecule has 0 atom stereocenters. The highest BCUT2D eigenvalue weighted by atomic mass is 16.7. The molecular formula is C21H29NO4. The van der Waals surface area contributed by atoms with Gasteiger partial charge < -0.3 is 24.3 Å². The number of hydrogen-bond acceptors (Lipinski definition) is 5. The Morgan fingerprint density at radius 2 is 1.62 bits per heavy atom. The Labute approximate surface area is 156 Å². The van der Waals surface area contributed by atoms with Crippen LogP contribution in [0.2, 0.25) is 0 Å². The van der Waals surface area contributed by atoms with Gasteiger partial charge in [-0.25, -0.2) is 0 Å². The molecule has 0 aliphatic heterocycles. The first-order valence-electron chi connectivity index (χ1n) is 9.04. The fraction of sp³-hybridized carbons (Fsp3) is 0.429. The van der Waals surface area contributed by atoms with E-state index in [0.717, 1.165) is 22.6 Å². The molecule has 0 aliphatic carbocycles. The SMILES string of the molecule is CCOC(CNCc1ccc(OC)c(OCc2ccccc2)c1)OCC. The Bertz CT molecular complexity index is 627. The normalized spacial score (nSPS) is 10.9. The van der Waals surface area contributed by atoms with Gasteiger partial charge in [-0.15, -0.1) is 0 Å². The van der Waals surface area contributed by atoms with Gasteiger partial charge in [0.2, 0.25) is 0 Å². The van der Waals surface area contributed by atoms with Gasteiger partial charge >= 0.3 is 0 Å². The summed E-state index contributed by atoms with van der Waals surface area (Å²) in [5, 5.41) is 3.36. The molecule has 0 bridgehead atoms. The predicted molar refractivity (Wildman–Crippen MR) is 103 cm³/mol. The third kappa shape index (κ3) is 6.67. The minimum absolute atomic E-state index is 0.225. The molecule has 26 heavy (non-hydrogen) atoms. The zero-order valence-electron chi connectivity index (χ0n) is 15.9. The number of ether oxygens (including phenoxy) is 4. The first-order chi connectivity index (χ1) is 12.8. The van der Waals surface area contributed by atoms with E-state index in [9.17, 15) is 0 Å². The summed E-state index contributed by atoms with van der Waals surface area (Å²) in [6.07, 6.45) is -0.225. The van der Waals surface area contributed by atoms with Crippen molar-refractivity contribution in [3.63, 3.8) is 0 Å². The molecule has 0 amide bonds. The van der Waals surface area contributed by atoms with Crippen molar-refractivity contribution < 1.29 is 18.9 Å². The van der Waals surface area contributed by atoms with Crippen molar-refractivity contribution in [2.75, 3.05) is 26.9 Å². The minimum Gasteiger partial charge on any atom is -0.493 e. The highest BCUT2D eigenvalue weighted by Crippen LogP contribution is 2.28. The lowest BCUT2D eigenvalue weighted by molar-refractivity contribution is -0.133.